The van der Waals surface area contributed by atoms with Crippen molar-refractivity contribution in [2.45, 2.75) is 53.4 Å². The van der Waals surface area contributed by atoms with Crippen molar-refractivity contribution in [2.75, 3.05) is 9.80 Å². The van der Waals surface area contributed by atoms with Crippen LogP contribution in [0.25, 0.3) is 98.4 Å². The number of nitrogens with zero attached hydrogens (tertiary/aromatic N) is 2. The smallest absolute Gasteiger partial charge is 0.159 e. The first kappa shape index (κ1) is 45.5. The van der Waals surface area contributed by atoms with Gasteiger partial charge in [-0.3, -0.25) is 0 Å². The molecule has 0 saturated heterocycles. The Kier molecular flexibility index (Phi) is 10.6. The van der Waals surface area contributed by atoms with Gasteiger partial charge in [-0.15, -0.1) is 0 Å². The van der Waals surface area contributed by atoms with Gasteiger partial charge in [0, 0.05) is 54.8 Å². The maximum absolute atomic E-state index is 7.26. The normalized spacial score (nSPS) is 12.1. The molecule has 0 aliphatic rings. The van der Waals surface area contributed by atoms with E-state index in [4.69, 9.17) is 8.83 Å². The zero-order chi connectivity index (χ0) is 51.3. The molecule has 0 bridgehead atoms. The van der Waals surface area contributed by atoms with E-state index in [1.54, 1.807) is 0 Å². The highest BCUT2D eigenvalue weighted by Gasteiger charge is 2.27. The van der Waals surface area contributed by atoms with Crippen molar-refractivity contribution in [1.82, 2.24) is 0 Å². The van der Waals surface area contributed by atoms with Gasteiger partial charge in [0.2, 0.25) is 0 Å². The summed E-state index contributed by atoms with van der Waals surface area (Å²) in [6, 6.07) is 80.0. The largest absolute Gasteiger partial charge is 0.453 e. The van der Waals surface area contributed by atoms with Crippen LogP contribution in [0.2, 0.25) is 0 Å². The minimum atomic E-state index is 0.359. The minimum Gasteiger partial charge on any atom is -0.453 e. The van der Waals surface area contributed by atoms with Crippen LogP contribution in [0.4, 0.5) is 34.1 Å². The molecule has 76 heavy (non-hydrogen) atoms. The Morgan fingerprint density at radius 1 is 0.303 bits per heavy atom. The SMILES string of the molecule is Cc1cccc(N(c2ccc3ccc4c(N(c5cccc(C)c5)c5cccc6c5oc5c(-c7ccccc7C(C)C)cccc56)ccc5ccc2c3c54)c2cccc3c2oc2c(-c4ccccc4C(C)C)cccc23)c1. The van der Waals surface area contributed by atoms with Crippen molar-refractivity contribution in [2.24, 2.45) is 0 Å². The second kappa shape index (κ2) is 17.8. The van der Waals surface area contributed by atoms with Crippen molar-refractivity contribution >= 4 is 110 Å². The highest BCUT2D eigenvalue weighted by molar-refractivity contribution is 6.29. The van der Waals surface area contributed by atoms with Gasteiger partial charge in [-0.05, 0) is 129 Å². The molecule has 2 aromatic heterocycles. The third-order valence-corrected chi connectivity index (χ3v) is 15.9. The van der Waals surface area contributed by atoms with Crippen molar-refractivity contribution in [3.63, 3.8) is 0 Å². The number of hydrogen-bond donors (Lipinski definition) is 0. The molecule has 12 aromatic carbocycles. The Morgan fingerprint density at radius 3 is 1.09 bits per heavy atom. The van der Waals surface area contributed by atoms with Gasteiger partial charge >= 0.3 is 0 Å². The lowest BCUT2D eigenvalue weighted by Gasteiger charge is -2.29. The topological polar surface area (TPSA) is 32.8 Å². The lowest BCUT2D eigenvalue weighted by Crippen LogP contribution is -2.12. The monoisotopic (exact) mass is 980 g/mol. The second-order valence-corrected chi connectivity index (χ2v) is 21.3. The molecule has 0 N–H and O–H groups in total. The van der Waals surface area contributed by atoms with Gasteiger partial charge in [0.1, 0.15) is 11.2 Å². The standard InChI is InChI=1S/C72H56N2O2/c1-43(2)51-21-7-9-23-53(51)55-25-13-27-57-59-29-15-31-65(71(59)75-69(55)57)73(49-19-11-17-45(5)41-49)63-39-35-47-34-38-62-64(40-36-48-33-37-61(63)67(47)68(48)62)74(50-20-12-18-46(6)42-50)66-32-16-30-60-58-28-14-26-56(70(58)76-72(60)66)54-24-10-8-22-52(54)44(3)4/h7-44H,1-6H3. The molecule has 2 heterocycles. The van der Waals surface area contributed by atoms with E-state index in [9.17, 15) is 0 Å². The number of rotatable bonds is 10. The van der Waals surface area contributed by atoms with E-state index in [0.29, 0.717) is 11.8 Å². The summed E-state index contributed by atoms with van der Waals surface area (Å²) in [6.45, 7) is 13.4. The van der Waals surface area contributed by atoms with Crippen molar-refractivity contribution in [1.29, 1.82) is 0 Å². The summed E-state index contributed by atoms with van der Waals surface area (Å²) in [5.41, 5.74) is 19.4. The van der Waals surface area contributed by atoms with E-state index < -0.39 is 0 Å². The highest BCUT2D eigenvalue weighted by Crippen LogP contribution is 2.52. The molecule has 0 amide bonds. The van der Waals surface area contributed by atoms with E-state index in [1.165, 1.54) is 54.9 Å². The van der Waals surface area contributed by atoms with Crippen LogP contribution in [0.15, 0.2) is 227 Å². The lowest BCUT2D eigenvalue weighted by molar-refractivity contribution is 0.669. The van der Waals surface area contributed by atoms with Crippen LogP contribution < -0.4 is 9.80 Å². The maximum Gasteiger partial charge on any atom is 0.159 e. The quantitative estimate of drug-likeness (QED) is 0.128. The fraction of sp³-hybridized carbons (Fsp3) is 0.111. The van der Waals surface area contributed by atoms with E-state index in [0.717, 1.165) is 99.9 Å². The summed E-state index contributed by atoms with van der Waals surface area (Å²) in [5.74, 6) is 0.717. The molecule has 0 aliphatic carbocycles. The fourth-order valence-corrected chi connectivity index (χ4v) is 12.4. The third-order valence-electron chi connectivity index (χ3n) is 15.9. The number of anilines is 6. The Hall–Kier alpha value is -9.12. The van der Waals surface area contributed by atoms with E-state index >= 15 is 0 Å². The molecule has 0 saturated carbocycles. The molecular formula is C72H56N2O2. The van der Waals surface area contributed by atoms with Gasteiger partial charge < -0.3 is 18.6 Å². The second-order valence-electron chi connectivity index (χ2n) is 21.3. The van der Waals surface area contributed by atoms with Gasteiger partial charge in [0.15, 0.2) is 11.2 Å². The number of furan rings is 2. The molecule has 0 aliphatic heterocycles. The predicted octanol–water partition coefficient (Wildman–Crippen LogP) is 21.5. The zero-order valence-corrected chi connectivity index (χ0v) is 43.7. The summed E-state index contributed by atoms with van der Waals surface area (Å²) in [6.07, 6.45) is 0. The van der Waals surface area contributed by atoms with Crippen molar-refractivity contribution in [3.05, 3.63) is 241 Å². The number of para-hydroxylation sites is 4. The zero-order valence-electron chi connectivity index (χ0n) is 43.7. The first-order valence-electron chi connectivity index (χ1n) is 26.7. The molecule has 4 nitrogen and oxygen atoms in total. The fourth-order valence-electron chi connectivity index (χ4n) is 12.4. The van der Waals surface area contributed by atoms with Crippen LogP contribution >= 0.6 is 0 Å². The molecule has 4 heteroatoms. The minimum absolute atomic E-state index is 0.359. The Balaban J connectivity index is 0.997. The Labute approximate surface area is 443 Å². The molecule has 14 rings (SSSR count). The first-order valence-corrected chi connectivity index (χ1v) is 26.7. The summed E-state index contributed by atoms with van der Waals surface area (Å²) >= 11 is 0. The van der Waals surface area contributed by atoms with Gasteiger partial charge in [-0.1, -0.05) is 198 Å². The van der Waals surface area contributed by atoms with Crippen LogP contribution in [-0.4, -0.2) is 0 Å². The summed E-state index contributed by atoms with van der Waals surface area (Å²) in [5, 5.41) is 11.5. The van der Waals surface area contributed by atoms with Crippen molar-refractivity contribution in [3.8, 4) is 22.3 Å². The third kappa shape index (κ3) is 7.12. The van der Waals surface area contributed by atoms with Crippen LogP contribution in [0.1, 0.15) is 61.8 Å². The Morgan fingerprint density at radius 2 is 0.671 bits per heavy atom. The number of fused-ring (bicyclic) bond motifs is 6. The van der Waals surface area contributed by atoms with Crippen molar-refractivity contribution < 1.29 is 8.83 Å². The van der Waals surface area contributed by atoms with Gasteiger partial charge in [0.25, 0.3) is 0 Å². The van der Waals surface area contributed by atoms with Crippen LogP contribution in [0, 0.1) is 13.8 Å². The number of benzene rings is 12. The first-order chi connectivity index (χ1) is 37.2. The summed E-state index contributed by atoms with van der Waals surface area (Å²) in [7, 11) is 0. The van der Waals surface area contributed by atoms with Crippen LogP contribution in [-0.2, 0) is 0 Å². The molecule has 0 fully saturated rings. The summed E-state index contributed by atoms with van der Waals surface area (Å²) < 4.78 is 14.5. The lowest BCUT2D eigenvalue weighted by atomic mass is 9.91. The average Bonchev–Trinajstić information content (AvgIpc) is 4.16. The van der Waals surface area contributed by atoms with Gasteiger partial charge in [-0.2, -0.15) is 0 Å². The van der Waals surface area contributed by atoms with Gasteiger partial charge in [0.05, 0.1) is 22.7 Å². The molecule has 0 spiro atoms. The highest BCUT2D eigenvalue weighted by atomic mass is 16.3. The molecular weight excluding hydrogens is 925 g/mol. The van der Waals surface area contributed by atoms with E-state index in [-0.39, 0.29) is 0 Å². The van der Waals surface area contributed by atoms with Crippen LogP contribution in [0.5, 0.6) is 0 Å². The van der Waals surface area contributed by atoms with Gasteiger partial charge in [-0.25, -0.2) is 0 Å². The average molecular weight is 981 g/mol. The maximum atomic E-state index is 7.26. The number of aryl methyl sites for hydroxylation is 2. The van der Waals surface area contributed by atoms with E-state index in [1.807, 2.05) is 0 Å². The van der Waals surface area contributed by atoms with Crippen LogP contribution in [0.3, 0.4) is 0 Å². The summed E-state index contributed by atoms with van der Waals surface area (Å²) in [4.78, 5) is 4.84. The Bertz CT molecular complexity index is 4300. The van der Waals surface area contributed by atoms with E-state index in [2.05, 4.69) is 270 Å². The molecule has 14 aromatic rings. The molecule has 0 radical (unpaired) electrons. The molecule has 0 unspecified atom stereocenters. The molecule has 366 valence electrons. The number of hydrogen-bond acceptors (Lipinski definition) is 4. The predicted molar refractivity (Wildman–Crippen MR) is 323 cm³/mol. The molecule has 0 atom stereocenters.